The van der Waals surface area contributed by atoms with E-state index in [0.717, 1.165) is 70.7 Å². The van der Waals surface area contributed by atoms with Gasteiger partial charge in [-0.25, -0.2) is 0 Å². The van der Waals surface area contributed by atoms with Gasteiger partial charge in [-0.3, -0.25) is 14.7 Å². The van der Waals surface area contributed by atoms with E-state index < -0.39 is 0 Å². The number of nitrogens with one attached hydrogen (secondary N) is 2. The predicted molar refractivity (Wildman–Crippen MR) is 112 cm³/mol. The molecule has 1 saturated heterocycles. The molecule has 0 aromatic heterocycles. The van der Waals surface area contributed by atoms with Gasteiger partial charge < -0.3 is 15.5 Å². The van der Waals surface area contributed by atoms with E-state index in [1.165, 1.54) is 6.42 Å². The quantitative estimate of drug-likeness (QED) is 0.255. The lowest BCUT2D eigenvalue weighted by Crippen LogP contribution is -2.50. The molecule has 142 valence electrons. The average Bonchev–Trinajstić information content (AvgIpc) is 2.51. The summed E-state index contributed by atoms with van der Waals surface area (Å²) in [5.41, 5.74) is 0. The summed E-state index contributed by atoms with van der Waals surface area (Å²) in [5.74, 6) is 1.85. The first-order valence-electron chi connectivity index (χ1n) is 9.03. The number of hydrogen-bond acceptors (Lipinski definition) is 3. The van der Waals surface area contributed by atoms with Crippen LogP contribution in [0.3, 0.4) is 0 Å². The Bertz CT molecular complexity index is 368. The van der Waals surface area contributed by atoms with E-state index in [-0.39, 0.29) is 29.9 Å². The molecule has 6 nitrogen and oxygen atoms in total. The van der Waals surface area contributed by atoms with Crippen LogP contribution in [0.2, 0.25) is 0 Å². The van der Waals surface area contributed by atoms with Crippen molar-refractivity contribution < 1.29 is 4.79 Å². The van der Waals surface area contributed by atoms with Crippen molar-refractivity contribution >= 4 is 35.8 Å². The summed E-state index contributed by atoms with van der Waals surface area (Å²) in [6.45, 7) is 15.5. The Morgan fingerprint density at radius 1 is 1.17 bits per heavy atom. The fourth-order valence-electron chi connectivity index (χ4n) is 2.65. The maximum Gasteiger partial charge on any atom is 0.219 e. The second-order valence-electron chi connectivity index (χ2n) is 6.57. The van der Waals surface area contributed by atoms with Crippen molar-refractivity contribution in [2.75, 3.05) is 52.4 Å². The van der Waals surface area contributed by atoms with Crippen molar-refractivity contribution in [1.82, 2.24) is 20.4 Å². The van der Waals surface area contributed by atoms with Gasteiger partial charge in [0.1, 0.15) is 0 Å². The van der Waals surface area contributed by atoms with E-state index in [1.54, 1.807) is 6.92 Å². The van der Waals surface area contributed by atoms with Crippen LogP contribution in [0.1, 0.15) is 40.5 Å². The zero-order valence-electron chi connectivity index (χ0n) is 15.8. The smallest absolute Gasteiger partial charge is 0.219 e. The highest BCUT2D eigenvalue weighted by Gasteiger charge is 2.17. The summed E-state index contributed by atoms with van der Waals surface area (Å²) in [4.78, 5) is 20.3. The van der Waals surface area contributed by atoms with E-state index in [1.807, 2.05) is 4.90 Å². The molecule has 0 bridgehead atoms. The number of guanidine groups is 1. The summed E-state index contributed by atoms with van der Waals surface area (Å²) in [5, 5.41) is 6.70. The van der Waals surface area contributed by atoms with Crippen LogP contribution in [0.5, 0.6) is 0 Å². The lowest BCUT2D eigenvalue weighted by atomic mass is 10.1. The molecular formula is C17H36IN5O. The maximum absolute atomic E-state index is 11.3. The highest BCUT2D eigenvalue weighted by molar-refractivity contribution is 14.0. The Morgan fingerprint density at radius 3 is 2.38 bits per heavy atom. The molecule has 0 unspecified atom stereocenters. The van der Waals surface area contributed by atoms with Crippen LogP contribution in [0.15, 0.2) is 4.99 Å². The van der Waals surface area contributed by atoms with Crippen molar-refractivity contribution in [2.24, 2.45) is 10.9 Å². The van der Waals surface area contributed by atoms with E-state index in [9.17, 15) is 4.79 Å². The molecule has 0 saturated carbocycles. The summed E-state index contributed by atoms with van der Waals surface area (Å²) < 4.78 is 0. The van der Waals surface area contributed by atoms with Crippen molar-refractivity contribution in [3.8, 4) is 0 Å². The zero-order chi connectivity index (χ0) is 17.1. The third kappa shape index (κ3) is 10.3. The lowest BCUT2D eigenvalue weighted by molar-refractivity contribution is -0.130. The van der Waals surface area contributed by atoms with Crippen LogP contribution < -0.4 is 10.6 Å². The molecular weight excluding hydrogens is 417 g/mol. The monoisotopic (exact) mass is 453 g/mol. The zero-order valence-corrected chi connectivity index (χ0v) is 18.1. The Balaban J connectivity index is 0.00000529. The largest absolute Gasteiger partial charge is 0.357 e. The Hall–Kier alpha value is -0.570. The van der Waals surface area contributed by atoms with Crippen molar-refractivity contribution in [1.29, 1.82) is 0 Å². The summed E-state index contributed by atoms with van der Waals surface area (Å²) in [7, 11) is 0. The van der Waals surface area contributed by atoms with Gasteiger partial charge >= 0.3 is 0 Å². The molecule has 0 aromatic carbocycles. The highest BCUT2D eigenvalue weighted by Crippen LogP contribution is 2.03. The van der Waals surface area contributed by atoms with E-state index in [0.29, 0.717) is 0 Å². The molecule has 1 fully saturated rings. The normalized spacial score (nSPS) is 16.0. The van der Waals surface area contributed by atoms with E-state index in [2.05, 4.69) is 41.3 Å². The topological polar surface area (TPSA) is 60.0 Å². The molecule has 1 heterocycles. The van der Waals surface area contributed by atoms with Crippen LogP contribution >= 0.6 is 24.0 Å². The Labute approximate surface area is 164 Å². The molecule has 0 radical (unpaired) electrons. The minimum Gasteiger partial charge on any atom is -0.357 e. The molecule has 2 N–H and O–H groups in total. The number of carbonyl (C=O) groups is 1. The molecule has 0 aromatic rings. The molecule has 1 aliphatic heterocycles. The van der Waals surface area contributed by atoms with Gasteiger partial charge in [-0.15, -0.1) is 24.0 Å². The molecule has 0 atom stereocenters. The third-order valence-electron chi connectivity index (χ3n) is 4.09. The van der Waals surface area contributed by atoms with Crippen molar-refractivity contribution in [3.05, 3.63) is 0 Å². The minimum absolute atomic E-state index is 0. The van der Waals surface area contributed by atoms with Crippen LogP contribution in [0.4, 0.5) is 0 Å². The van der Waals surface area contributed by atoms with Crippen molar-refractivity contribution in [2.45, 2.75) is 40.5 Å². The predicted octanol–water partition coefficient (Wildman–Crippen LogP) is 1.76. The number of piperazine rings is 1. The maximum atomic E-state index is 11.3. The van der Waals surface area contributed by atoms with Gasteiger partial charge in [-0.2, -0.15) is 0 Å². The number of aliphatic imine (C=N–C) groups is 1. The number of halogens is 1. The molecule has 24 heavy (non-hydrogen) atoms. The van der Waals surface area contributed by atoms with Gasteiger partial charge in [-0.1, -0.05) is 13.8 Å². The van der Waals surface area contributed by atoms with Gasteiger partial charge in [0.15, 0.2) is 5.96 Å². The number of hydrogen-bond donors (Lipinski definition) is 2. The molecule has 1 rings (SSSR count). The number of nitrogens with zero attached hydrogens (tertiary/aromatic N) is 3. The highest BCUT2D eigenvalue weighted by atomic mass is 127. The van der Waals surface area contributed by atoms with Crippen LogP contribution in [-0.2, 0) is 4.79 Å². The first-order chi connectivity index (χ1) is 11.0. The fourth-order valence-corrected chi connectivity index (χ4v) is 2.65. The average molecular weight is 453 g/mol. The fraction of sp³-hybridized carbons (Fsp3) is 0.882. The molecule has 7 heteroatoms. The number of rotatable bonds is 8. The van der Waals surface area contributed by atoms with E-state index >= 15 is 0 Å². The summed E-state index contributed by atoms with van der Waals surface area (Å²) in [6.07, 6.45) is 2.37. The van der Waals surface area contributed by atoms with Crippen LogP contribution in [-0.4, -0.2) is 74.0 Å². The lowest BCUT2D eigenvalue weighted by Gasteiger charge is -2.34. The van der Waals surface area contributed by atoms with Crippen LogP contribution in [0.25, 0.3) is 0 Å². The standard InChI is InChI=1S/C17H35N5O.HI/c1-5-18-17(19-8-6-7-15(2)3)20-9-10-21-11-13-22(14-12-21)16(4)23;/h15H,5-14H2,1-4H3,(H2,18,19,20);1H. The number of carbonyl (C=O) groups excluding carboxylic acids is 1. The molecule has 0 spiro atoms. The second kappa shape index (κ2) is 13.7. The van der Waals surface area contributed by atoms with Gasteiger partial charge in [0.25, 0.3) is 0 Å². The summed E-state index contributed by atoms with van der Waals surface area (Å²) in [6, 6.07) is 0. The van der Waals surface area contributed by atoms with Gasteiger partial charge in [-0.05, 0) is 25.7 Å². The third-order valence-corrected chi connectivity index (χ3v) is 4.09. The summed E-state index contributed by atoms with van der Waals surface area (Å²) >= 11 is 0. The van der Waals surface area contributed by atoms with Gasteiger partial charge in [0, 0.05) is 59.3 Å². The SMILES string of the molecule is CCNC(=NCCCC(C)C)NCCN1CCN(C(C)=O)CC1.I. The molecule has 1 aliphatic rings. The molecule has 0 aliphatic carbocycles. The first kappa shape index (κ1) is 23.4. The second-order valence-corrected chi connectivity index (χ2v) is 6.57. The Kier molecular flexibility index (Phi) is 13.4. The first-order valence-corrected chi connectivity index (χ1v) is 9.03. The van der Waals surface area contributed by atoms with E-state index in [4.69, 9.17) is 0 Å². The molecule has 1 amide bonds. The van der Waals surface area contributed by atoms with Crippen molar-refractivity contribution in [3.63, 3.8) is 0 Å². The van der Waals surface area contributed by atoms with Gasteiger partial charge in [0.2, 0.25) is 5.91 Å². The van der Waals surface area contributed by atoms with Crippen LogP contribution in [0, 0.1) is 5.92 Å². The number of amides is 1. The minimum atomic E-state index is 0. The Morgan fingerprint density at radius 2 is 1.83 bits per heavy atom. The van der Waals surface area contributed by atoms with Gasteiger partial charge in [0.05, 0.1) is 0 Å².